The van der Waals surface area contributed by atoms with Crippen molar-refractivity contribution in [1.29, 1.82) is 0 Å². The third-order valence-electron chi connectivity index (χ3n) is 4.43. The molecule has 0 aliphatic heterocycles. The van der Waals surface area contributed by atoms with Gasteiger partial charge in [-0.15, -0.1) is 0 Å². The Labute approximate surface area is 120 Å². The Morgan fingerprint density at radius 1 is 0.850 bits per heavy atom. The molecule has 0 radical (unpaired) electrons. The molecular formula is C20H17+. The third kappa shape index (κ3) is 1.58. The number of hydrogen-bond acceptors (Lipinski definition) is 0. The molecule has 0 heterocycles. The predicted molar refractivity (Wildman–Crippen MR) is 84.9 cm³/mol. The van der Waals surface area contributed by atoms with Gasteiger partial charge < -0.3 is 0 Å². The van der Waals surface area contributed by atoms with Crippen molar-refractivity contribution in [3.63, 3.8) is 0 Å². The van der Waals surface area contributed by atoms with Crippen molar-refractivity contribution in [2.24, 2.45) is 0 Å². The number of fused-ring (bicyclic) bond motifs is 4. The van der Waals surface area contributed by atoms with Crippen LogP contribution in [0.4, 0.5) is 0 Å². The molecule has 0 unspecified atom stereocenters. The lowest BCUT2D eigenvalue weighted by molar-refractivity contribution is 0.928. The zero-order valence-corrected chi connectivity index (χ0v) is 11.7. The zero-order valence-electron chi connectivity index (χ0n) is 11.7. The molecule has 96 valence electrons. The summed E-state index contributed by atoms with van der Waals surface area (Å²) in [5.41, 5.74) is 5.86. The van der Waals surface area contributed by atoms with Crippen LogP contribution in [-0.2, 0) is 6.42 Å². The summed E-state index contributed by atoms with van der Waals surface area (Å²) in [6.07, 6.45) is 2.14. The van der Waals surface area contributed by atoms with Crippen molar-refractivity contribution in [2.45, 2.75) is 19.8 Å². The highest BCUT2D eigenvalue weighted by atomic mass is 14.3. The summed E-state index contributed by atoms with van der Waals surface area (Å²) >= 11 is 0. The summed E-state index contributed by atoms with van der Waals surface area (Å²) in [4.78, 5) is 0. The van der Waals surface area contributed by atoms with E-state index in [-0.39, 0.29) is 0 Å². The summed E-state index contributed by atoms with van der Waals surface area (Å²) in [7, 11) is 0. The Bertz CT molecular complexity index is 783. The molecule has 0 atom stereocenters. The number of benzene rings is 3. The molecule has 0 aromatic heterocycles. The average molecular weight is 257 g/mol. The Hall–Kier alpha value is -2.21. The van der Waals surface area contributed by atoms with Crippen molar-refractivity contribution < 1.29 is 0 Å². The molecule has 3 aromatic carbocycles. The van der Waals surface area contributed by atoms with Crippen molar-refractivity contribution in [3.05, 3.63) is 88.8 Å². The third-order valence-corrected chi connectivity index (χ3v) is 4.43. The van der Waals surface area contributed by atoms with Gasteiger partial charge in [0.25, 0.3) is 0 Å². The van der Waals surface area contributed by atoms with Crippen LogP contribution >= 0.6 is 0 Å². The highest BCUT2D eigenvalue weighted by Gasteiger charge is 2.31. The average Bonchev–Trinajstić information content (AvgIpc) is 2.52. The lowest BCUT2D eigenvalue weighted by Gasteiger charge is -2.22. The zero-order chi connectivity index (χ0) is 13.5. The van der Waals surface area contributed by atoms with Crippen LogP contribution in [0.15, 0.2) is 60.7 Å². The van der Waals surface area contributed by atoms with E-state index in [2.05, 4.69) is 67.6 Å². The molecule has 0 heteroatoms. The van der Waals surface area contributed by atoms with Gasteiger partial charge in [-0.2, -0.15) is 0 Å². The van der Waals surface area contributed by atoms with Gasteiger partial charge in [-0.25, -0.2) is 0 Å². The first kappa shape index (κ1) is 11.6. The highest BCUT2D eigenvalue weighted by molar-refractivity contribution is 5.89. The van der Waals surface area contributed by atoms with E-state index >= 15 is 0 Å². The van der Waals surface area contributed by atoms with E-state index in [0.29, 0.717) is 0 Å². The van der Waals surface area contributed by atoms with E-state index in [1.807, 2.05) is 0 Å². The van der Waals surface area contributed by atoms with Crippen LogP contribution in [0.25, 0.3) is 10.8 Å². The van der Waals surface area contributed by atoms with E-state index in [1.165, 1.54) is 38.9 Å². The summed E-state index contributed by atoms with van der Waals surface area (Å²) in [6, 6.07) is 22.2. The fourth-order valence-corrected chi connectivity index (χ4v) is 3.49. The van der Waals surface area contributed by atoms with Crippen LogP contribution in [-0.4, -0.2) is 0 Å². The van der Waals surface area contributed by atoms with Crippen molar-refractivity contribution >= 4 is 10.8 Å². The second kappa shape index (κ2) is 4.42. The molecule has 3 aromatic rings. The van der Waals surface area contributed by atoms with E-state index < -0.39 is 0 Å². The Morgan fingerprint density at radius 2 is 1.65 bits per heavy atom. The number of rotatable bonds is 1. The lowest BCUT2D eigenvalue weighted by Crippen LogP contribution is -2.14. The van der Waals surface area contributed by atoms with Crippen LogP contribution in [0, 0.1) is 5.92 Å². The van der Waals surface area contributed by atoms with E-state index in [0.717, 1.165) is 12.8 Å². The lowest BCUT2D eigenvalue weighted by atomic mass is 9.75. The van der Waals surface area contributed by atoms with Gasteiger partial charge in [-0.1, -0.05) is 25.1 Å². The largest absolute Gasteiger partial charge is 0.0804 e. The maximum absolute atomic E-state index is 2.31. The SMILES string of the molecule is CC[C+]1c2ccccc2Cc2c1ccc1ccccc21. The first-order valence-electron chi connectivity index (χ1n) is 7.33. The van der Waals surface area contributed by atoms with E-state index in [4.69, 9.17) is 0 Å². The molecular weight excluding hydrogens is 240 g/mol. The van der Waals surface area contributed by atoms with Gasteiger partial charge >= 0.3 is 0 Å². The van der Waals surface area contributed by atoms with Crippen molar-refractivity contribution in [3.8, 4) is 0 Å². The van der Waals surface area contributed by atoms with Gasteiger partial charge in [-0.05, 0) is 42.1 Å². The molecule has 0 bridgehead atoms. The molecule has 20 heavy (non-hydrogen) atoms. The standard InChI is InChI=1S/C20H17/c1-2-16-18-10-6-4-8-15(18)13-20-17-9-5-3-7-14(17)11-12-19(16)20/h3-12H,2,13H2,1H3/q+1. The highest BCUT2D eigenvalue weighted by Crippen LogP contribution is 2.40. The minimum absolute atomic E-state index is 1.05. The van der Waals surface area contributed by atoms with Crippen LogP contribution in [0.2, 0.25) is 0 Å². The summed E-state index contributed by atoms with van der Waals surface area (Å²) in [5.74, 6) is 1.49. The molecule has 0 amide bonds. The molecule has 0 saturated heterocycles. The maximum atomic E-state index is 2.31. The Morgan fingerprint density at radius 3 is 2.55 bits per heavy atom. The van der Waals surface area contributed by atoms with Gasteiger partial charge in [-0.3, -0.25) is 0 Å². The second-order valence-electron chi connectivity index (χ2n) is 5.48. The summed E-state index contributed by atoms with van der Waals surface area (Å²) in [5, 5.41) is 2.76. The Balaban J connectivity index is 2.02. The fraction of sp³-hybridized carbons (Fsp3) is 0.150. The predicted octanol–water partition coefficient (Wildman–Crippen LogP) is 5.12. The maximum Gasteiger partial charge on any atom is 0.0804 e. The topological polar surface area (TPSA) is 0 Å². The van der Waals surface area contributed by atoms with E-state index in [1.54, 1.807) is 0 Å². The molecule has 0 saturated carbocycles. The smallest absolute Gasteiger partial charge is 0.0616 e. The summed E-state index contributed by atoms with van der Waals surface area (Å²) < 4.78 is 0. The van der Waals surface area contributed by atoms with Gasteiger partial charge in [0, 0.05) is 34.6 Å². The first-order valence-corrected chi connectivity index (χ1v) is 7.33. The van der Waals surface area contributed by atoms with Crippen molar-refractivity contribution in [1.82, 2.24) is 0 Å². The van der Waals surface area contributed by atoms with Crippen LogP contribution in [0.3, 0.4) is 0 Å². The molecule has 0 N–H and O–H groups in total. The molecule has 0 nitrogen and oxygen atoms in total. The first-order chi connectivity index (χ1) is 9.88. The van der Waals surface area contributed by atoms with Crippen LogP contribution in [0.1, 0.15) is 35.6 Å². The monoisotopic (exact) mass is 257 g/mol. The molecule has 1 aliphatic rings. The second-order valence-corrected chi connectivity index (χ2v) is 5.48. The van der Waals surface area contributed by atoms with Crippen LogP contribution < -0.4 is 0 Å². The van der Waals surface area contributed by atoms with Crippen molar-refractivity contribution in [2.75, 3.05) is 0 Å². The van der Waals surface area contributed by atoms with E-state index in [9.17, 15) is 0 Å². The van der Waals surface area contributed by atoms with Gasteiger partial charge in [0.2, 0.25) is 0 Å². The molecule has 0 fully saturated rings. The van der Waals surface area contributed by atoms with Gasteiger partial charge in [0.05, 0.1) is 17.5 Å². The Kier molecular flexibility index (Phi) is 2.56. The normalized spacial score (nSPS) is 13.2. The van der Waals surface area contributed by atoms with Crippen LogP contribution in [0.5, 0.6) is 0 Å². The fourth-order valence-electron chi connectivity index (χ4n) is 3.49. The number of hydrogen-bond donors (Lipinski definition) is 0. The quantitative estimate of drug-likeness (QED) is 0.530. The minimum atomic E-state index is 1.05. The molecule has 1 aliphatic carbocycles. The van der Waals surface area contributed by atoms with Gasteiger partial charge in [0.15, 0.2) is 0 Å². The van der Waals surface area contributed by atoms with Gasteiger partial charge in [0.1, 0.15) is 0 Å². The molecule has 0 spiro atoms. The minimum Gasteiger partial charge on any atom is -0.0616 e. The molecule has 4 rings (SSSR count). The summed E-state index contributed by atoms with van der Waals surface area (Å²) in [6.45, 7) is 2.26.